The zero-order valence-electron chi connectivity index (χ0n) is 13.4. The Balaban J connectivity index is 1.44. The van der Waals surface area contributed by atoms with E-state index in [0.29, 0.717) is 17.5 Å². The maximum Gasteiger partial charge on any atom is 0.238 e. The number of pyridine rings is 1. The molecule has 24 heavy (non-hydrogen) atoms. The second-order valence-electron chi connectivity index (χ2n) is 6.03. The molecule has 1 saturated heterocycles. The molecule has 3 N–H and O–H groups in total. The van der Waals surface area contributed by atoms with Gasteiger partial charge in [0.1, 0.15) is 5.69 Å². The normalized spacial score (nSPS) is 18.4. The minimum absolute atomic E-state index is 0.0167. The molecule has 1 fully saturated rings. The predicted molar refractivity (Wildman–Crippen MR) is 94.7 cm³/mol. The molecule has 0 aliphatic carbocycles. The molecular weight excluding hydrogens is 304 g/mol. The van der Waals surface area contributed by atoms with Crippen LogP contribution in [0.5, 0.6) is 5.88 Å². The summed E-state index contributed by atoms with van der Waals surface area (Å²) < 4.78 is 0. The standard InChI is InChI=1S/C17H20N6O/c24-16-14(10-12-11-20-15-13(12)4-3-5-18-15)21-17(22-16)19-6-9-23-7-1-2-8-23/h3-5,10-11,24H,1-2,6-9H2,(H2,19,21,22). The van der Waals surface area contributed by atoms with Gasteiger partial charge in [0.25, 0.3) is 0 Å². The first-order valence-corrected chi connectivity index (χ1v) is 8.26. The van der Waals surface area contributed by atoms with Crippen LogP contribution in [0, 0.1) is 0 Å². The van der Waals surface area contributed by atoms with Crippen molar-refractivity contribution < 1.29 is 5.11 Å². The number of likely N-dealkylation sites (tertiary alicyclic amines) is 1. The van der Waals surface area contributed by atoms with E-state index >= 15 is 0 Å². The summed E-state index contributed by atoms with van der Waals surface area (Å²) in [5, 5.41) is 13.3. The fraction of sp³-hybridized carbons (Fsp3) is 0.353. The molecule has 2 aromatic rings. The number of fused-ring (bicyclic) bond motifs is 1. The number of nitrogens with one attached hydrogen (secondary N) is 2. The van der Waals surface area contributed by atoms with Crippen LogP contribution in [0.15, 0.2) is 23.3 Å². The van der Waals surface area contributed by atoms with Gasteiger partial charge in [-0.2, -0.15) is 4.98 Å². The van der Waals surface area contributed by atoms with Crippen molar-refractivity contribution in [2.24, 2.45) is 4.99 Å². The van der Waals surface area contributed by atoms with Crippen molar-refractivity contribution in [2.75, 3.05) is 31.5 Å². The minimum atomic E-state index is -0.0167. The predicted octanol–water partition coefficient (Wildman–Crippen LogP) is 2.27. The summed E-state index contributed by atoms with van der Waals surface area (Å²) in [4.78, 5) is 18.2. The Morgan fingerprint density at radius 1 is 1.33 bits per heavy atom. The maximum absolute atomic E-state index is 10.1. The van der Waals surface area contributed by atoms with Crippen molar-refractivity contribution in [3.8, 4) is 5.88 Å². The van der Waals surface area contributed by atoms with Gasteiger partial charge in [-0.05, 0) is 44.1 Å². The number of hydrogen-bond donors (Lipinski definition) is 3. The molecule has 0 saturated carbocycles. The van der Waals surface area contributed by atoms with Gasteiger partial charge in [-0.15, -0.1) is 0 Å². The molecule has 2 aliphatic heterocycles. The van der Waals surface area contributed by atoms with Crippen LogP contribution in [0.2, 0.25) is 0 Å². The molecule has 4 heterocycles. The lowest BCUT2D eigenvalue weighted by atomic mass is 10.1. The van der Waals surface area contributed by atoms with Crippen molar-refractivity contribution in [1.29, 1.82) is 0 Å². The van der Waals surface area contributed by atoms with Gasteiger partial charge in [0.2, 0.25) is 11.8 Å². The summed E-state index contributed by atoms with van der Waals surface area (Å²) in [7, 11) is 0. The molecule has 0 amide bonds. The highest BCUT2D eigenvalue weighted by Gasteiger charge is 2.15. The van der Waals surface area contributed by atoms with Gasteiger partial charge in [0, 0.05) is 36.6 Å². The first kappa shape index (κ1) is 14.9. The number of H-pyrrole nitrogens is 1. The molecule has 0 aromatic carbocycles. The van der Waals surface area contributed by atoms with Crippen LogP contribution in [-0.2, 0) is 0 Å². The molecule has 0 unspecified atom stereocenters. The largest absolute Gasteiger partial charge is 0.492 e. The van der Waals surface area contributed by atoms with E-state index in [-0.39, 0.29) is 5.88 Å². The third-order valence-corrected chi connectivity index (χ3v) is 4.35. The Bertz CT molecular complexity index is 788. The van der Waals surface area contributed by atoms with E-state index < -0.39 is 0 Å². The summed E-state index contributed by atoms with van der Waals surface area (Å²) >= 11 is 0. The number of nitrogens with zero attached hydrogens (tertiary/aromatic N) is 4. The average Bonchev–Trinajstić information content (AvgIpc) is 3.30. The minimum Gasteiger partial charge on any atom is -0.492 e. The number of rotatable bonds is 5. The average molecular weight is 324 g/mol. The van der Waals surface area contributed by atoms with Gasteiger partial charge in [-0.1, -0.05) is 0 Å². The highest BCUT2D eigenvalue weighted by atomic mass is 16.3. The van der Waals surface area contributed by atoms with Crippen LogP contribution in [0.4, 0.5) is 11.8 Å². The molecule has 2 aliphatic rings. The number of aromatic hydroxyl groups is 1. The van der Waals surface area contributed by atoms with E-state index in [4.69, 9.17) is 0 Å². The highest BCUT2D eigenvalue weighted by molar-refractivity contribution is 6.20. The molecular formula is C17H20N6O. The molecule has 7 heteroatoms. The van der Waals surface area contributed by atoms with Crippen molar-refractivity contribution in [3.63, 3.8) is 0 Å². The number of aliphatic imine (C=N–C) groups is 1. The number of aromatic amines is 1. The molecule has 0 atom stereocenters. The molecule has 0 spiro atoms. The van der Waals surface area contributed by atoms with E-state index in [1.807, 2.05) is 18.2 Å². The number of anilines is 1. The van der Waals surface area contributed by atoms with Crippen molar-refractivity contribution >= 4 is 29.6 Å². The summed E-state index contributed by atoms with van der Waals surface area (Å²) in [6, 6.07) is 3.84. The smallest absolute Gasteiger partial charge is 0.238 e. The Labute approximate surface area is 140 Å². The molecule has 2 aromatic heterocycles. The topological polar surface area (TPSA) is 89.4 Å². The molecule has 0 radical (unpaired) electrons. The third kappa shape index (κ3) is 3.03. The molecule has 0 bridgehead atoms. The van der Waals surface area contributed by atoms with Gasteiger partial charge in [0.15, 0.2) is 5.82 Å². The Kier molecular flexibility index (Phi) is 4.00. The van der Waals surface area contributed by atoms with Gasteiger partial charge < -0.3 is 20.3 Å². The van der Waals surface area contributed by atoms with E-state index in [2.05, 4.69) is 30.2 Å². The van der Waals surface area contributed by atoms with Crippen LogP contribution < -0.4 is 5.32 Å². The lowest BCUT2D eigenvalue weighted by Crippen LogP contribution is -2.26. The lowest BCUT2D eigenvalue weighted by Gasteiger charge is -2.14. The molecule has 124 valence electrons. The van der Waals surface area contributed by atoms with Gasteiger partial charge in [0.05, 0.1) is 0 Å². The van der Waals surface area contributed by atoms with Gasteiger partial charge in [-0.3, -0.25) is 0 Å². The third-order valence-electron chi connectivity index (χ3n) is 4.35. The zero-order chi connectivity index (χ0) is 16.4. The number of aromatic nitrogens is 3. The lowest BCUT2D eigenvalue weighted by molar-refractivity contribution is 0.352. The van der Waals surface area contributed by atoms with Crippen molar-refractivity contribution in [3.05, 3.63) is 29.6 Å². The molecule has 4 rings (SSSR count). The van der Waals surface area contributed by atoms with Crippen LogP contribution in [0.3, 0.4) is 0 Å². The van der Waals surface area contributed by atoms with Crippen LogP contribution >= 0.6 is 0 Å². The Morgan fingerprint density at radius 2 is 2.21 bits per heavy atom. The zero-order valence-corrected chi connectivity index (χ0v) is 13.4. The fourth-order valence-corrected chi connectivity index (χ4v) is 3.10. The van der Waals surface area contributed by atoms with Crippen LogP contribution in [0.25, 0.3) is 11.6 Å². The van der Waals surface area contributed by atoms with E-state index in [9.17, 15) is 5.11 Å². The summed E-state index contributed by atoms with van der Waals surface area (Å²) in [5.74, 6) is 1.27. The van der Waals surface area contributed by atoms with Crippen LogP contribution in [0.1, 0.15) is 24.1 Å². The fourth-order valence-electron chi connectivity index (χ4n) is 3.10. The monoisotopic (exact) mass is 324 g/mol. The van der Waals surface area contributed by atoms with Crippen molar-refractivity contribution in [2.45, 2.75) is 12.8 Å². The van der Waals surface area contributed by atoms with Crippen LogP contribution in [-0.4, -0.2) is 57.4 Å². The van der Waals surface area contributed by atoms with Gasteiger partial charge >= 0.3 is 0 Å². The number of hydrogen-bond acceptors (Lipinski definition) is 6. The van der Waals surface area contributed by atoms with Gasteiger partial charge in [-0.25, -0.2) is 9.98 Å². The maximum atomic E-state index is 10.1. The van der Waals surface area contributed by atoms with Crippen molar-refractivity contribution in [1.82, 2.24) is 19.9 Å². The summed E-state index contributed by atoms with van der Waals surface area (Å²) in [6.07, 6.45) is 7.88. The first-order valence-electron chi connectivity index (χ1n) is 8.26. The second kappa shape index (κ2) is 6.45. The summed E-state index contributed by atoms with van der Waals surface area (Å²) in [6.45, 7) is 4.14. The highest BCUT2D eigenvalue weighted by Crippen LogP contribution is 2.31. The SMILES string of the molecule is Oc1nc(NCCN2CCCC2)[nH]c1C=C1C=Nc2ncccc21. The number of imidazole rings is 1. The first-order chi connectivity index (χ1) is 11.8. The Hall–Kier alpha value is -2.67. The van der Waals surface area contributed by atoms with E-state index in [1.165, 1.54) is 25.9 Å². The molecule has 7 nitrogen and oxygen atoms in total. The van der Waals surface area contributed by atoms with E-state index in [0.717, 1.165) is 24.2 Å². The van der Waals surface area contributed by atoms with E-state index in [1.54, 1.807) is 12.4 Å². The second-order valence-corrected chi connectivity index (χ2v) is 6.03. The Morgan fingerprint density at radius 3 is 3.08 bits per heavy atom. The summed E-state index contributed by atoms with van der Waals surface area (Å²) in [5.41, 5.74) is 2.42. The number of allylic oxidation sites excluding steroid dienone is 1. The quantitative estimate of drug-likeness (QED) is 0.785.